The molecular formula is C13H25N3O3. The Morgan fingerprint density at radius 3 is 2.47 bits per heavy atom. The van der Waals surface area contributed by atoms with E-state index in [1.807, 2.05) is 13.8 Å². The second-order valence-electron chi connectivity index (χ2n) is 5.63. The summed E-state index contributed by atoms with van der Waals surface area (Å²) >= 11 is 0. The maximum Gasteiger partial charge on any atom is 0.243 e. The summed E-state index contributed by atoms with van der Waals surface area (Å²) in [4.78, 5) is 25.3. The highest BCUT2D eigenvalue weighted by Gasteiger charge is 2.38. The third-order valence-corrected chi connectivity index (χ3v) is 3.25. The maximum absolute atomic E-state index is 12.3. The molecule has 1 saturated heterocycles. The number of ether oxygens (including phenoxy) is 1. The van der Waals surface area contributed by atoms with Crippen LogP contribution >= 0.6 is 0 Å². The summed E-state index contributed by atoms with van der Waals surface area (Å²) < 4.78 is 5.21. The first-order valence-corrected chi connectivity index (χ1v) is 6.74. The van der Waals surface area contributed by atoms with E-state index in [0.29, 0.717) is 38.5 Å². The Hall–Kier alpha value is -1.14. The Balaban J connectivity index is 2.45. The summed E-state index contributed by atoms with van der Waals surface area (Å²) in [7, 11) is 1.61. The molecule has 1 aliphatic rings. The minimum absolute atomic E-state index is 0.0470. The Kier molecular flexibility index (Phi) is 5.75. The molecule has 2 amide bonds. The van der Waals surface area contributed by atoms with Gasteiger partial charge in [-0.2, -0.15) is 0 Å². The van der Waals surface area contributed by atoms with Gasteiger partial charge in [-0.25, -0.2) is 0 Å². The monoisotopic (exact) mass is 271 g/mol. The van der Waals surface area contributed by atoms with Gasteiger partial charge in [-0.1, -0.05) is 13.8 Å². The van der Waals surface area contributed by atoms with Crippen LogP contribution in [0.25, 0.3) is 0 Å². The molecule has 0 aromatic carbocycles. The highest BCUT2D eigenvalue weighted by Crippen LogP contribution is 2.19. The standard InChI is InChI=1S/C13H25N3O3/c1-10(2)8-15-11(17)9-16(3)12(18)13(14)4-6-19-7-5-13/h10H,4-9,14H2,1-3H3,(H,15,17). The molecule has 0 aliphatic carbocycles. The van der Waals surface area contributed by atoms with Crippen molar-refractivity contribution >= 4 is 11.8 Å². The van der Waals surface area contributed by atoms with E-state index in [-0.39, 0.29) is 18.4 Å². The average Bonchev–Trinajstić information content (AvgIpc) is 2.36. The smallest absolute Gasteiger partial charge is 0.243 e. The quantitative estimate of drug-likeness (QED) is 0.720. The van der Waals surface area contributed by atoms with Crippen molar-refractivity contribution < 1.29 is 14.3 Å². The van der Waals surface area contributed by atoms with Gasteiger partial charge in [0.05, 0.1) is 12.1 Å². The lowest BCUT2D eigenvalue weighted by Gasteiger charge is -2.35. The van der Waals surface area contributed by atoms with Crippen molar-refractivity contribution in [2.24, 2.45) is 11.7 Å². The number of nitrogens with zero attached hydrogens (tertiary/aromatic N) is 1. The van der Waals surface area contributed by atoms with Crippen LogP contribution in [-0.4, -0.2) is 55.6 Å². The fourth-order valence-electron chi connectivity index (χ4n) is 1.99. The van der Waals surface area contributed by atoms with E-state index in [2.05, 4.69) is 5.32 Å². The van der Waals surface area contributed by atoms with Crippen molar-refractivity contribution in [2.75, 3.05) is 33.4 Å². The van der Waals surface area contributed by atoms with Gasteiger partial charge in [0.15, 0.2) is 0 Å². The van der Waals surface area contributed by atoms with E-state index in [9.17, 15) is 9.59 Å². The molecule has 0 aromatic rings. The Bertz CT molecular complexity index is 325. The molecule has 1 aliphatic heterocycles. The highest BCUT2D eigenvalue weighted by molar-refractivity contribution is 5.90. The van der Waals surface area contributed by atoms with Crippen molar-refractivity contribution in [2.45, 2.75) is 32.2 Å². The van der Waals surface area contributed by atoms with Gasteiger partial charge in [-0.05, 0) is 18.8 Å². The minimum atomic E-state index is -0.884. The third-order valence-electron chi connectivity index (χ3n) is 3.25. The van der Waals surface area contributed by atoms with Crippen molar-refractivity contribution in [3.63, 3.8) is 0 Å². The molecule has 110 valence electrons. The molecule has 1 heterocycles. The number of nitrogens with two attached hydrogens (primary N) is 1. The van der Waals surface area contributed by atoms with Crippen LogP contribution in [0.15, 0.2) is 0 Å². The second kappa shape index (κ2) is 6.86. The summed E-state index contributed by atoms with van der Waals surface area (Å²) in [6.07, 6.45) is 1.01. The van der Waals surface area contributed by atoms with Crippen molar-refractivity contribution in [1.29, 1.82) is 0 Å². The van der Waals surface area contributed by atoms with Crippen LogP contribution in [0.3, 0.4) is 0 Å². The zero-order valence-corrected chi connectivity index (χ0v) is 12.1. The van der Waals surface area contributed by atoms with Gasteiger partial charge in [-0.15, -0.1) is 0 Å². The highest BCUT2D eigenvalue weighted by atomic mass is 16.5. The molecule has 6 heteroatoms. The first kappa shape index (κ1) is 15.9. The van der Waals surface area contributed by atoms with Gasteiger partial charge >= 0.3 is 0 Å². The second-order valence-corrected chi connectivity index (χ2v) is 5.63. The molecule has 0 saturated carbocycles. The number of hydrogen-bond donors (Lipinski definition) is 2. The molecule has 0 radical (unpaired) electrons. The van der Waals surface area contributed by atoms with E-state index in [1.54, 1.807) is 7.05 Å². The van der Waals surface area contributed by atoms with Crippen LogP contribution in [0, 0.1) is 5.92 Å². The SMILES string of the molecule is CC(C)CNC(=O)CN(C)C(=O)C1(N)CCOCC1. The number of nitrogens with one attached hydrogen (secondary N) is 1. The predicted molar refractivity (Wildman–Crippen MR) is 72.5 cm³/mol. The van der Waals surface area contributed by atoms with Crippen LogP contribution in [0.2, 0.25) is 0 Å². The number of likely N-dealkylation sites (N-methyl/N-ethyl adjacent to an activating group) is 1. The Labute approximate surface area is 114 Å². The number of carbonyl (C=O) groups is 2. The van der Waals surface area contributed by atoms with Gasteiger partial charge in [0.25, 0.3) is 0 Å². The summed E-state index contributed by atoms with van der Waals surface area (Å²) in [5.74, 6) is 0.0528. The van der Waals surface area contributed by atoms with E-state index < -0.39 is 5.54 Å². The molecule has 3 N–H and O–H groups in total. The first-order chi connectivity index (χ1) is 8.85. The average molecular weight is 271 g/mol. The molecule has 0 spiro atoms. The Morgan fingerprint density at radius 1 is 1.37 bits per heavy atom. The largest absolute Gasteiger partial charge is 0.381 e. The van der Waals surface area contributed by atoms with E-state index in [4.69, 9.17) is 10.5 Å². The van der Waals surface area contributed by atoms with E-state index in [1.165, 1.54) is 4.90 Å². The first-order valence-electron chi connectivity index (χ1n) is 6.74. The molecule has 6 nitrogen and oxygen atoms in total. The topological polar surface area (TPSA) is 84.7 Å². The van der Waals surface area contributed by atoms with Crippen LogP contribution in [0.1, 0.15) is 26.7 Å². The molecule has 0 unspecified atom stereocenters. The predicted octanol–water partition coefficient (Wildman–Crippen LogP) is -0.275. The van der Waals surface area contributed by atoms with Crippen LogP contribution in [-0.2, 0) is 14.3 Å². The normalized spacial score (nSPS) is 18.2. The summed E-state index contributed by atoms with van der Waals surface area (Å²) in [5, 5.41) is 2.78. The fourth-order valence-corrected chi connectivity index (χ4v) is 1.99. The lowest BCUT2D eigenvalue weighted by Crippen LogP contribution is -2.58. The molecule has 0 bridgehead atoms. The lowest BCUT2D eigenvalue weighted by atomic mass is 9.90. The molecule has 0 atom stereocenters. The molecular weight excluding hydrogens is 246 g/mol. The number of amides is 2. The molecule has 19 heavy (non-hydrogen) atoms. The maximum atomic E-state index is 12.3. The van der Waals surface area contributed by atoms with E-state index >= 15 is 0 Å². The fraction of sp³-hybridized carbons (Fsp3) is 0.846. The third kappa shape index (κ3) is 4.80. The van der Waals surface area contributed by atoms with Gasteiger partial charge in [-0.3, -0.25) is 9.59 Å². The zero-order chi connectivity index (χ0) is 14.5. The van der Waals surface area contributed by atoms with Gasteiger partial charge in [0.1, 0.15) is 0 Å². The lowest BCUT2D eigenvalue weighted by molar-refractivity contribution is -0.142. The van der Waals surface area contributed by atoms with Crippen molar-refractivity contribution in [3.8, 4) is 0 Å². The van der Waals surface area contributed by atoms with Gasteiger partial charge < -0.3 is 20.7 Å². The Morgan fingerprint density at radius 2 is 1.95 bits per heavy atom. The van der Waals surface area contributed by atoms with E-state index in [0.717, 1.165) is 0 Å². The molecule has 0 aromatic heterocycles. The van der Waals surface area contributed by atoms with Crippen molar-refractivity contribution in [3.05, 3.63) is 0 Å². The number of carbonyl (C=O) groups excluding carboxylic acids is 2. The van der Waals surface area contributed by atoms with Crippen LogP contribution < -0.4 is 11.1 Å². The number of rotatable bonds is 5. The minimum Gasteiger partial charge on any atom is -0.381 e. The zero-order valence-electron chi connectivity index (χ0n) is 12.1. The van der Waals surface area contributed by atoms with Crippen molar-refractivity contribution in [1.82, 2.24) is 10.2 Å². The number of hydrogen-bond acceptors (Lipinski definition) is 4. The molecule has 1 rings (SSSR count). The summed E-state index contributed by atoms with van der Waals surface area (Å²) in [5.41, 5.74) is 5.21. The summed E-state index contributed by atoms with van der Waals surface area (Å²) in [6.45, 7) is 5.69. The van der Waals surface area contributed by atoms with Gasteiger partial charge in [0, 0.05) is 26.8 Å². The van der Waals surface area contributed by atoms with Crippen LogP contribution in [0.4, 0.5) is 0 Å². The molecule has 1 fully saturated rings. The van der Waals surface area contributed by atoms with Gasteiger partial charge in [0.2, 0.25) is 11.8 Å². The summed E-state index contributed by atoms with van der Waals surface area (Å²) in [6, 6.07) is 0. The van der Waals surface area contributed by atoms with Crippen LogP contribution in [0.5, 0.6) is 0 Å².